The molecule has 0 aromatic rings. The first-order valence-corrected chi connectivity index (χ1v) is 10.1. The number of carbonyl (C=O) groups is 2. The van der Waals surface area contributed by atoms with Crippen LogP contribution in [0.25, 0.3) is 0 Å². The molecule has 7 heteroatoms. The summed E-state index contributed by atoms with van der Waals surface area (Å²) in [4.78, 5) is 32.6. The highest BCUT2D eigenvalue weighted by molar-refractivity contribution is 8.13. The number of carbonyl (C=O) groups excluding carboxylic acids is 2. The van der Waals surface area contributed by atoms with E-state index in [0.717, 1.165) is 36.7 Å². The largest absolute Gasteiger partial charge is 0.336 e. The predicted molar refractivity (Wildman–Crippen MR) is 99.1 cm³/mol. The molecule has 0 aliphatic carbocycles. The highest BCUT2D eigenvalue weighted by Gasteiger charge is 2.48. The standard InChI is InChI=1S/C17H30N4O2S/c1-4-6-8-9-11-21-13-14(20(3)16(23)19-15(13)22)18-17(21)24-12-10-7-5-2/h13-14H,4-12H2,1-3H3,(H,19,22,23). The van der Waals surface area contributed by atoms with Crippen molar-refractivity contribution in [2.75, 3.05) is 19.3 Å². The Morgan fingerprint density at radius 2 is 1.79 bits per heavy atom. The lowest BCUT2D eigenvalue weighted by Crippen LogP contribution is -2.63. The summed E-state index contributed by atoms with van der Waals surface area (Å²) >= 11 is 1.73. The number of amidine groups is 1. The molecule has 136 valence electrons. The van der Waals surface area contributed by atoms with Crippen LogP contribution in [0.15, 0.2) is 4.99 Å². The van der Waals surface area contributed by atoms with Crippen LogP contribution in [-0.4, -0.2) is 58.5 Å². The number of imide groups is 1. The molecule has 1 fully saturated rings. The minimum absolute atomic E-state index is 0.216. The fourth-order valence-electron chi connectivity index (χ4n) is 3.08. The highest BCUT2D eigenvalue weighted by atomic mass is 32.2. The highest BCUT2D eigenvalue weighted by Crippen LogP contribution is 2.29. The summed E-state index contributed by atoms with van der Waals surface area (Å²) in [6, 6.07) is -0.726. The van der Waals surface area contributed by atoms with Gasteiger partial charge in [0.15, 0.2) is 17.4 Å². The Kier molecular flexibility index (Phi) is 7.40. The summed E-state index contributed by atoms with van der Waals surface area (Å²) < 4.78 is 0. The van der Waals surface area contributed by atoms with E-state index >= 15 is 0 Å². The molecule has 2 aliphatic heterocycles. The fourth-order valence-corrected chi connectivity index (χ4v) is 4.16. The van der Waals surface area contributed by atoms with E-state index in [1.165, 1.54) is 25.7 Å². The summed E-state index contributed by atoms with van der Waals surface area (Å²) in [7, 11) is 1.71. The van der Waals surface area contributed by atoms with Gasteiger partial charge in [-0.05, 0) is 12.8 Å². The van der Waals surface area contributed by atoms with Gasteiger partial charge in [0.05, 0.1) is 0 Å². The average Bonchev–Trinajstić information content (AvgIpc) is 2.93. The number of likely N-dealkylation sites (N-methyl/N-ethyl adjacent to an activating group) is 1. The maximum Gasteiger partial charge on any atom is 0.325 e. The van der Waals surface area contributed by atoms with Gasteiger partial charge in [-0.3, -0.25) is 10.1 Å². The molecule has 0 saturated carbocycles. The number of thioether (sulfide) groups is 1. The molecule has 2 unspecified atom stereocenters. The minimum Gasteiger partial charge on any atom is -0.336 e. The molecule has 1 saturated heterocycles. The van der Waals surface area contributed by atoms with Gasteiger partial charge in [0.2, 0.25) is 0 Å². The molecule has 2 aliphatic rings. The van der Waals surface area contributed by atoms with Gasteiger partial charge in [0, 0.05) is 19.3 Å². The van der Waals surface area contributed by atoms with E-state index in [2.05, 4.69) is 24.1 Å². The molecule has 2 rings (SSSR count). The van der Waals surface area contributed by atoms with Crippen LogP contribution in [0.1, 0.15) is 58.8 Å². The van der Waals surface area contributed by atoms with E-state index in [0.29, 0.717) is 0 Å². The van der Waals surface area contributed by atoms with Crippen LogP contribution < -0.4 is 5.32 Å². The molecule has 0 radical (unpaired) electrons. The van der Waals surface area contributed by atoms with Gasteiger partial charge in [-0.2, -0.15) is 0 Å². The van der Waals surface area contributed by atoms with E-state index in [4.69, 9.17) is 4.99 Å². The van der Waals surface area contributed by atoms with E-state index in [1.807, 2.05) is 0 Å². The number of rotatable bonds is 9. The Bertz CT molecular complexity index is 483. The van der Waals surface area contributed by atoms with Gasteiger partial charge in [-0.1, -0.05) is 57.7 Å². The van der Waals surface area contributed by atoms with Crippen LogP contribution in [-0.2, 0) is 4.79 Å². The lowest BCUT2D eigenvalue weighted by molar-refractivity contribution is -0.127. The van der Waals surface area contributed by atoms with Crippen molar-refractivity contribution < 1.29 is 9.59 Å². The monoisotopic (exact) mass is 354 g/mol. The van der Waals surface area contributed by atoms with Gasteiger partial charge in [0.1, 0.15) is 0 Å². The molecular weight excluding hydrogens is 324 g/mol. The van der Waals surface area contributed by atoms with Crippen LogP contribution in [0.5, 0.6) is 0 Å². The Labute approximate surface area is 149 Å². The van der Waals surface area contributed by atoms with Crippen LogP contribution >= 0.6 is 11.8 Å². The molecule has 2 heterocycles. The second-order valence-corrected chi connectivity index (χ2v) is 7.55. The predicted octanol–water partition coefficient (Wildman–Crippen LogP) is 3.04. The molecule has 24 heavy (non-hydrogen) atoms. The van der Waals surface area contributed by atoms with Gasteiger partial charge >= 0.3 is 6.03 Å². The van der Waals surface area contributed by atoms with Crippen molar-refractivity contribution in [2.24, 2.45) is 4.99 Å². The summed E-state index contributed by atoms with van der Waals surface area (Å²) in [5, 5.41) is 3.38. The molecule has 6 nitrogen and oxygen atoms in total. The van der Waals surface area contributed by atoms with Crippen LogP contribution in [0.2, 0.25) is 0 Å². The Morgan fingerprint density at radius 3 is 2.50 bits per heavy atom. The molecule has 0 spiro atoms. The summed E-state index contributed by atoms with van der Waals surface area (Å²) in [6.07, 6.45) is 7.79. The molecule has 0 aromatic heterocycles. The third kappa shape index (κ3) is 4.43. The van der Waals surface area contributed by atoms with E-state index in [1.54, 1.807) is 23.7 Å². The number of unbranched alkanes of at least 4 members (excludes halogenated alkanes) is 5. The zero-order valence-electron chi connectivity index (χ0n) is 15.1. The van der Waals surface area contributed by atoms with E-state index < -0.39 is 0 Å². The average molecular weight is 355 g/mol. The van der Waals surface area contributed by atoms with E-state index in [9.17, 15) is 9.59 Å². The quantitative estimate of drug-likeness (QED) is 0.646. The third-order valence-corrected chi connectivity index (χ3v) is 5.65. The van der Waals surface area contributed by atoms with Gasteiger partial charge in [-0.15, -0.1) is 0 Å². The van der Waals surface area contributed by atoms with Crippen molar-refractivity contribution >= 4 is 28.9 Å². The molecule has 0 aromatic carbocycles. The summed E-state index contributed by atoms with van der Waals surface area (Å²) in [6.45, 7) is 5.21. The first-order valence-electron chi connectivity index (χ1n) is 9.15. The second kappa shape index (κ2) is 9.30. The number of amides is 3. The van der Waals surface area contributed by atoms with Crippen LogP contribution in [0.4, 0.5) is 4.79 Å². The fraction of sp³-hybridized carbons (Fsp3) is 0.824. The molecular formula is C17H30N4O2S. The summed E-state index contributed by atoms with van der Waals surface area (Å²) in [5.74, 6) is 0.795. The Balaban J connectivity index is 2.05. The van der Waals surface area contributed by atoms with E-state index in [-0.39, 0.29) is 24.1 Å². The van der Waals surface area contributed by atoms with Crippen molar-refractivity contribution in [1.29, 1.82) is 0 Å². The SMILES string of the molecule is CCCCCCN1C(SCCCCC)=NC2C1C(=O)NC(=O)N2C. The topological polar surface area (TPSA) is 65.0 Å². The molecule has 3 amide bonds. The number of nitrogens with zero attached hydrogens (tertiary/aromatic N) is 3. The number of nitrogens with one attached hydrogen (secondary N) is 1. The number of hydrogen-bond acceptors (Lipinski definition) is 5. The zero-order chi connectivity index (χ0) is 17.5. The van der Waals surface area contributed by atoms with Crippen LogP contribution in [0, 0.1) is 0 Å². The number of fused-ring (bicyclic) bond motifs is 1. The van der Waals surface area contributed by atoms with Crippen molar-refractivity contribution in [3.05, 3.63) is 0 Å². The van der Waals surface area contributed by atoms with Crippen molar-refractivity contribution in [3.63, 3.8) is 0 Å². The number of hydrogen-bond donors (Lipinski definition) is 1. The second-order valence-electron chi connectivity index (χ2n) is 6.49. The molecule has 0 bridgehead atoms. The number of aliphatic imine (C=N–C) groups is 1. The maximum absolute atomic E-state index is 12.4. The minimum atomic E-state index is -0.383. The van der Waals surface area contributed by atoms with Gasteiger partial charge < -0.3 is 9.80 Å². The van der Waals surface area contributed by atoms with Crippen molar-refractivity contribution in [1.82, 2.24) is 15.1 Å². The van der Waals surface area contributed by atoms with Crippen molar-refractivity contribution in [2.45, 2.75) is 71.0 Å². The van der Waals surface area contributed by atoms with Gasteiger partial charge in [0.25, 0.3) is 5.91 Å². The lowest BCUT2D eigenvalue weighted by Gasteiger charge is -2.36. The Morgan fingerprint density at radius 1 is 1.08 bits per heavy atom. The normalized spacial score (nSPS) is 23.4. The van der Waals surface area contributed by atoms with Gasteiger partial charge in [-0.25, -0.2) is 9.79 Å². The summed E-state index contributed by atoms with van der Waals surface area (Å²) in [5.41, 5.74) is 0. The zero-order valence-corrected chi connectivity index (χ0v) is 15.9. The smallest absolute Gasteiger partial charge is 0.325 e. The van der Waals surface area contributed by atoms with Crippen molar-refractivity contribution in [3.8, 4) is 0 Å². The van der Waals surface area contributed by atoms with Crippen LogP contribution in [0.3, 0.4) is 0 Å². The first-order chi connectivity index (χ1) is 11.6. The third-order valence-electron chi connectivity index (χ3n) is 4.55. The first kappa shape index (κ1) is 19.1. The number of urea groups is 1. The lowest BCUT2D eigenvalue weighted by atomic mass is 10.1. The molecule has 2 atom stereocenters. The maximum atomic E-state index is 12.4. The molecule has 1 N–H and O–H groups in total. The Hall–Kier alpha value is -1.24.